The first-order valence-electron chi connectivity index (χ1n) is 30.7. The van der Waals surface area contributed by atoms with Crippen molar-refractivity contribution in [2.24, 2.45) is 0 Å². The molecule has 20 rings (SSSR count). The van der Waals surface area contributed by atoms with Gasteiger partial charge in [0, 0.05) is 199 Å². The van der Waals surface area contributed by atoms with Crippen molar-refractivity contribution in [2.45, 2.75) is 21.9 Å². The molecule has 14 aromatic rings. The summed E-state index contributed by atoms with van der Waals surface area (Å²) >= 11 is 0. The summed E-state index contributed by atoms with van der Waals surface area (Å²) in [5, 5.41) is 18.0. The molecule has 0 radical (unpaired) electrons. The molecule has 12 aromatic heterocycles. The van der Waals surface area contributed by atoms with Gasteiger partial charge < -0.3 is 40.0 Å². The number of rotatable bonds is 8. The van der Waals surface area contributed by atoms with Gasteiger partial charge in [-0.1, -0.05) is 12.1 Å². The third-order valence-electron chi connectivity index (χ3n) is 19.8. The molecule has 96 heavy (non-hydrogen) atoms. The number of hydrogen-bond acceptors (Lipinski definition) is 16. The summed E-state index contributed by atoms with van der Waals surface area (Å²) in [6.45, 7) is 4.23. The molecule has 6 aliphatic rings. The molecule has 0 saturated carbocycles. The van der Waals surface area contributed by atoms with E-state index < -0.39 is 21.9 Å². The Labute approximate surface area is 580 Å². The SMILES string of the molecule is CN1[CH-]N(C2(c3[c-]c(C4(c5cc[n-]n5)c5cnccc5-c5ccncc54)ccc3)c3cnccc3-c3ccncc32)c2ncccc21.CN1[CH-]N(C2(c3[c-]c(C4(c5cc[n-]n5)c5cnccc5-c5ccncc54)ccc3)c3cnccc3-c3ccncc32)c2ncccc21.[Pt].[Pt]. The quantitative estimate of drug-likeness (QED) is 0.130. The number of nitrogens with zero attached hydrogens (tertiary/aromatic N) is 18. The smallest absolute Gasteiger partial charge is 0.122 e. The number of pyridine rings is 10. The van der Waals surface area contributed by atoms with Gasteiger partial charge in [0.1, 0.15) is 11.6 Å². The predicted molar refractivity (Wildman–Crippen MR) is 352 cm³/mol. The number of anilines is 4. The molecule has 0 fully saturated rings. The van der Waals surface area contributed by atoms with Gasteiger partial charge in [-0.2, -0.15) is 74.3 Å². The average Bonchev–Trinajstić information content (AvgIpc) is 1.53. The second kappa shape index (κ2) is 22.3. The van der Waals surface area contributed by atoms with Gasteiger partial charge in [0.25, 0.3) is 0 Å². The van der Waals surface area contributed by atoms with E-state index in [4.69, 9.17) is 20.2 Å². The first kappa shape index (κ1) is 58.7. The van der Waals surface area contributed by atoms with Crippen molar-refractivity contribution >= 4 is 23.0 Å². The molecule has 0 N–H and O–H groups in total. The molecule has 0 saturated heterocycles. The Balaban J connectivity index is 0.000000142. The second-order valence-corrected chi connectivity index (χ2v) is 24.0. The summed E-state index contributed by atoms with van der Waals surface area (Å²) in [5.41, 5.74) is 20.6. The standard InChI is InChI=1S/2C38H24N9.2Pt/c2*1-46-23-47(36-34(46)6-3-12-43-36)38(32-21-41-15-9-28(32)29-10-16-42-22-33(29)38)25-5-2-4-24(18-25)37(35-11-17-44-45-35)30-19-39-13-7-26(30)27-8-14-40-20-31(27)37;;/h2*2-17,19-23H,1H3;;/q2*-3;;. The zero-order valence-electron chi connectivity index (χ0n) is 50.9. The van der Waals surface area contributed by atoms with Crippen LogP contribution in [-0.4, -0.2) is 74.1 Å². The van der Waals surface area contributed by atoms with Crippen molar-refractivity contribution < 1.29 is 42.1 Å². The number of aromatic nitrogens is 14. The first-order valence-corrected chi connectivity index (χ1v) is 30.7. The van der Waals surface area contributed by atoms with Gasteiger partial charge in [-0.15, -0.1) is 22.3 Å². The third-order valence-corrected chi connectivity index (χ3v) is 19.8. The molecule has 0 bridgehead atoms. The maximum absolute atomic E-state index is 4.93. The minimum atomic E-state index is -0.899. The molecule has 0 atom stereocenters. The zero-order valence-corrected chi connectivity index (χ0v) is 55.5. The fourth-order valence-corrected chi connectivity index (χ4v) is 16.2. The van der Waals surface area contributed by atoms with E-state index in [-0.39, 0.29) is 42.1 Å². The Kier molecular flexibility index (Phi) is 13.6. The van der Waals surface area contributed by atoms with Crippen LogP contribution in [0.5, 0.6) is 0 Å². The molecule has 2 aliphatic heterocycles. The Morgan fingerprint density at radius 3 is 0.927 bits per heavy atom. The zero-order chi connectivity index (χ0) is 62.3. The number of benzene rings is 2. The topological polar surface area (TPSA) is 196 Å². The molecule has 20 heteroatoms. The predicted octanol–water partition coefficient (Wildman–Crippen LogP) is 11.0. The molecule has 0 unspecified atom stereocenters. The van der Waals surface area contributed by atoms with E-state index in [2.05, 4.69) is 192 Å². The summed E-state index contributed by atoms with van der Waals surface area (Å²) in [4.78, 5) is 55.7. The summed E-state index contributed by atoms with van der Waals surface area (Å²) < 4.78 is 0. The van der Waals surface area contributed by atoms with Crippen molar-refractivity contribution in [1.82, 2.24) is 70.2 Å². The van der Waals surface area contributed by atoms with E-state index in [0.29, 0.717) is 0 Å². The second-order valence-electron chi connectivity index (χ2n) is 24.0. The molecule has 14 heterocycles. The van der Waals surface area contributed by atoms with Crippen LogP contribution in [0.2, 0.25) is 0 Å². The minimum Gasteiger partial charge on any atom is -0.581 e. The van der Waals surface area contributed by atoms with Gasteiger partial charge in [0.05, 0.1) is 21.9 Å². The first-order chi connectivity index (χ1) is 46.5. The van der Waals surface area contributed by atoms with Crippen LogP contribution >= 0.6 is 0 Å². The molecule has 468 valence electrons. The third kappa shape index (κ3) is 7.70. The largest absolute Gasteiger partial charge is 0.581 e. The van der Waals surface area contributed by atoms with Gasteiger partial charge in [0.15, 0.2) is 0 Å². The summed E-state index contributed by atoms with van der Waals surface area (Å²) in [6, 6.07) is 49.4. The Hall–Kier alpha value is -11.1. The van der Waals surface area contributed by atoms with E-state index >= 15 is 0 Å². The fraction of sp³-hybridized carbons (Fsp3) is 0.0789. The molecular formula is C76H48N18Pt2-6. The molecule has 0 amide bonds. The number of hydrogen-bond donors (Lipinski definition) is 0. The Morgan fingerprint density at radius 2 is 0.625 bits per heavy atom. The average molecular weight is 1600 g/mol. The van der Waals surface area contributed by atoms with Gasteiger partial charge in [-0.3, -0.25) is 39.9 Å². The van der Waals surface area contributed by atoms with Crippen LogP contribution in [0.1, 0.15) is 78.1 Å². The van der Waals surface area contributed by atoms with Crippen LogP contribution in [0.3, 0.4) is 0 Å². The van der Waals surface area contributed by atoms with E-state index in [1.807, 2.05) is 150 Å². The van der Waals surface area contributed by atoms with Crippen molar-refractivity contribution in [3.8, 4) is 44.5 Å². The summed E-state index contributed by atoms with van der Waals surface area (Å²) in [7, 11) is 4.10. The van der Waals surface area contributed by atoms with Crippen LogP contribution in [0.15, 0.2) is 245 Å². The molecule has 0 spiro atoms. The van der Waals surface area contributed by atoms with Crippen LogP contribution in [0.4, 0.5) is 23.0 Å². The van der Waals surface area contributed by atoms with Crippen molar-refractivity contribution in [3.05, 3.63) is 349 Å². The monoisotopic (exact) mass is 1600 g/mol. The molecule has 4 aliphatic carbocycles. The van der Waals surface area contributed by atoms with Gasteiger partial charge in [0.2, 0.25) is 0 Å². The van der Waals surface area contributed by atoms with Crippen molar-refractivity contribution in [2.75, 3.05) is 33.7 Å². The van der Waals surface area contributed by atoms with Crippen LogP contribution in [-0.2, 0) is 64.0 Å². The Morgan fingerprint density at radius 1 is 0.333 bits per heavy atom. The van der Waals surface area contributed by atoms with Gasteiger partial charge in [-0.25, -0.2) is 9.97 Å². The van der Waals surface area contributed by atoms with E-state index in [1.165, 1.54) is 0 Å². The molecule has 18 nitrogen and oxygen atoms in total. The van der Waals surface area contributed by atoms with Gasteiger partial charge >= 0.3 is 0 Å². The summed E-state index contributed by atoms with van der Waals surface area (Å²) in [6.07, 6.45) is 37.5. The van der Waals surface area contributed by atoms with Crippen molar-refractivity contribution in [3.63, 3.8) is 0 Å². The van der Waals surface area contributed by atoms with Crippen LogP contribution < -0.4 is 29.8 Å². The summed E-state index contributed by atoms with van der Waals surface area (Å²) in [5.74, 6) is 1.67. The van der Waals surface area contributed by atoms with Crippen molar-refractivity contribution in [1.29, 1.82) is 0 Å². The maximum atomic E-state index is 4.93. The molecule has 2 aromatic carbocycles. The normalized spacial score (nSPS) is 15.6. The Bertz CT molecular complexity index is 4860. The van der Waals surface area contributed by atoms with E-state index in [1.54, 1.807) is 12.4 Å². The van der Waals surface area contributed by atoms with E-state index in [0.717, 1.165) is 146 Å². The number of fused-ring (bicyclic) bond motifs is 14. The maximum Gasteiger partial charge on any atom is 0.122 e. The molecular weight excluding hydrogens is 1560 g/mol. The fourth-order valence-electron chi connectivity index (χ4n) is 16.2. The van der Waals surface area contributed by atoms with E-state index in [9.17, 15) is 0 Å². The van der Waals surface area contributed by atoms with Gasteiger partial charge in [-0.05, 0) is 154 Å². The minimum absolute atomic E-state index is 0. The van der Waals surface area contributed by atoms with Crippen LogP contribution in [0, 0.1) is 25.5 Å². The van der Waals surface area contributed by atoms with Crippen LogP contribution in [0.25, 0.3) is 44.5 Å².